The van der Waals surface area contributed by atoms with Crippen LogP contribution in [0.5, 0.6) is 11.5 Å². The molecule has 1 fully saturated rings. The Kier molecular flexibility index (Phi) is 8.56. The van der Waals surface area contributed by atoms with E-state index in [2.05, 4.69) is 15.3 Å². The fourth-order valence-corrected chi connectivity index (χ4v) is 4.30. The van der Waals surface area contributed by atoms with Crippen LogP contribution < -0.4 is 20.5 Å². The van der Waals surface area contributed by atoms with Crippen molar-refractivity contribution in [2.24, 2.45) is 17.1 Å². The number of carbonyl (C=O) groups is 2. The quantitative estimate of drug-likeness (QED) is 0.273. The summed E-state index contributed by atoms with van der Waals surface area (Å²) in [5, 5.41) is 2.92. The molecule has 0 unspecified atom stereocenters. The molecule has 1 saturated carbocycles. The predicted molar refractivity (Wildman–Crippen MR) is 146 cm³/mol. The van der Waals surface area contributed by atoms with Crippen molar-refractivity contribution < 1.29 is 28.2 Å². The summed E-state index contributed by atoms with van der Waals surface area (Å²) in [6, 6.07) is 5.18. The molecule has 3 aromatic rings. The lowest BCUT2D eigenvalue weighted by atomic mass is 9.88. The van der Waals surface area contributed by atoms with Gasteiger partial charge in [-0.05, 0) is 48.8 Å². The van der Waals surface area contributed by atoms with Crippen molar-refractivity contribution in [1.82, 2.24) is 9.97 Å². The van der Waals surface area contributed by atoms with Gasteiger partial charge in [0.05, 0.1) is 29.4 Å². The van der Waals surface area contributed by atoms with Gasteiger partial charge in [-0.1, -0.05) is 44.0 Å². The number of primary amides is 1. The summed E-state index contributed by atoms with van der Waals surface area (Å²) in [6.45, 7) is 6.42. The molecule has 1 aliphatic rings. The SMILES string of the molecule is COc1ccc(-c2nc(C(=O)Nc3c(Cl)cncc3Cl)c([C@H](CC(C)(C)C)OC(N)=O)o2)cc1OCC1CC1. The minimum Gasteiger partial charge on any atom is -0.493 e. The number of anilines is 1. The number of ether oxygens (including phenoxy) is 3. The molecule has 4 rings (SSSR count). The Hall–Kier alpha value is -3.50. The van der Waals surface area contributed by atoms with Crippen molar-refractivity contribution in [3.63, 3.8) is 0 Å². The second-order valence-electron chi connectivity index (χ2n) is 10.5. The van der Waals surface area contributed by atoms with Crippen LogP contribution in [-0.4, -0.2) is 35.7 Å². The number of nitrogens with two attached hydrogens (primary N) is 1. The predicted octanol–water partition coefficient (Wildman–Crippen LogP) is 6.67. The van der Waals surface area contributed by atoms with Gasteiger partial charge in [-0.25, -0.2) is 9.78 Å². The van der Waals surface area contributed by atoms with Crippen molar-refractivity contribution in [3.05, 3.63) is 52.1 Å². The maximum atomic E-state index is 13.5. The van der Waals surface area contributed by atoms with Gasteiger partial charge in [0.1, 0.15) is 0 Å². The van der Waals surface area contributed by atoms with Crippen molar-refractivity contribution in [3.8, 4) is 23.0 Å². The molecule has 2 heterocycles. The zero-order valence-electron chi connectivity index (χ0n) is 22.0. The molecule has 2 amide bonds. The number of nitrogens with zero attached hydrogens (tertiary/aromatic N) is 2. The monoisotopic (exact) mass is 576 g/mol. The Morgan fingerprint density at radius 2 is 1.87 bits per heavy atom. The summed E-state index contributed by atoms with van der Waals surface area (Å²) in [6.07, 6.45) is 3.22. The molecule has 0 radical (unpaired) electrons. The normalized spacial score (nSPS) is 14.0. The highest BCUT2D eigenvalue weighted by atomic mass is 35.5. The number of aromatic nitrogens is 2. The standard InChI is InChI=1S/C27H30Cl2N4O6/c1-27(2,3)10-20(38-26(30)35)23-22(24(34)32-21-16(28)11-31-12-17(21)29)33-25(39-23)15-7-8-18(36-4)19(9-15)37-13-14-5-6-14/h7-9,11-12,14,20H,5-6,10,13H2,1-4H3,(H2,30,35)(H,31,32,34)/t20-/m0/s1. The number of methoxy groups -OCH3 is 1. The molecule has 0 saturated heterocycles. The van der Waals surface area contributed by atoms with Crippen LogP contribution in [0.4, 0.5) is 10.5 Å². The first kappa shape index (κ1) is 28.5. The number of pyridine rings is 1. The van der Waals surface area contributed by atoms with Crippen LogP contribution in [0.2, 0.25) is 10.0 Å². The number of hydrogen-bond donors (Lipinski definition) is 2. The third kappa shape index (κ3) is 7.33. The number of hydrogen-bond acceptors (Lipinski definition) is 8. The maximum absolute atomic E-state index is 13.5. The molecule has 1 aromatic carbocycles. The molecule has 3 N–H and O–H groups in total. The number of rotatable bonds is 10. The lowest BCUT2D eigenvalue weighted by Gasteiger charge is -2.24. The average molecular weight is 577 g/mol. The van der Waals surface area contributed by atoms with Crippen LogP contribution in [0.3, 0.4) is 0 Å². The van der Waals surface area contributed by atoms with E-state index in [1.807, 2.05) is 20.8 Å². The fraction of sp³-hybridized carbons (Fsp3) is 0.407. The number of benzene rings is 1. The largest absolute Gasteiger partial charge is 0.493 e. The summed E-state index contributed by atoms with van der Waals surface area (Å²) in [5.74, 6) is 1.04. The second-order valence-corrected chi connectivity index (χ2v) is 11.3. The topological polar surface area (TPSA) is 139 Å². The van der Waals surface area contributed by atoms with E-state index < -0.39 is 18.1 Å². The summed E-state index contributed by atoms with van der Waals surface area (Å²) in [4.78, 5) is 33.7. The molecule has 2 aromatic heterocycles. The van der Waals surface area contributed by atoms with E-state index in [1.165, 1.54) is 12.4 Å². The van der Waals surface area contributed by atoms with Gasteiger partial charge in [0.25, 0.3) is 5.91 Å². The first-order chi connectivity index (χ1) is 18.4. The highest BCUT2D eigenvalue weighted by Crippen LogP contribution is 2.39. The smallest absolute Gasteiger partial charge is 0.405 e. The highest BCUT2D eigenvalue weighted by Gasteiger charge is 2.33. The molecular weight excluding hydrogens is 547 g/mol. The zero-order chi connectivity index (χ0) is 28.3. The first-order valence-electron chi connectivity index (χ1n) is 12.3. The first-order valence-corrected chi connectivity index (χ1v) is 13.1. The minimum absolute atomic E-state index is 0.0220. The molecule has 10 nitrogen and oxygen atoms in total. The Morgan fingerprint density at radius 1 is 1.18 bits per heavy atom. The van der Waals surface area contributed by atoms with E-state index in [9.17, 15) is 9.59 Å². The number of halogens is 2. The molecule has 208 valence electrons. The lowest BCUT2D eigenvalue weighted by molar-refractivity contribution is 0.0640. The van der Waals surface area contributed by atoms with E-state index in [1.54, 1.807) is 25.3 Å². The van der Waals surface area contributed by atoms with E-state index in [0.717, 1.165) is 12.8 Å². The number of carbonyl (C=O) groups excluding carboxylic acids is 2. The molecule has 39 heavy (non-hydrogen) atoms. The molecule has 12 heteroatoms. The summed E-state index contributed by atoms with van der Waals surface area (Å²) >= 11 is 12.4. The molecular formula is C27H30Cl2N4O6. The van der Waals surface area contributed by atoms with Crippen LogP contribution in [0, 0.1) is 11.3 Å². The average Bonchev–Trinajstić information content (AvgIpc) is 3.58. The van der Waals surface area contributed by atoms with Crippen molar-refractivity contribution >= 4 is 40.9 Å². The lowest BCUT2D eigenvalue weighted by Crippen LogP contribution is -2.24. The molecule has 0 bridgehead atoms. The van der Waals surface area contributed by atoms with E-state index in [0.29, 0.717) is 36.0 Å². The van der Waals surface area contributed by atoms with E-state index >= 15 is 0 Å². The Bertz CT molecular complexity index is 1350. The van der Waals surface area contributed by atoms with Crippen LogP contribution in [0.15, 0.2) is 35.0 Å². The highest BCUT2D eigenvalue weighted by molar-refractivity contribution is 6.39. The van der Waals surface area contributed by atoms with Gasteiger partial charge in [0.2, 0.25) is 5.89 Å². The van der Waals surface area contributed by atoms with Crippen molar-refractivity contribution in [2.75, 3.05) is 19.0 Å². The van der Waals surface area contributed by atoms with Crippen LogP contribution in [0.25, 0.3) is 11.5 Å². The van der Waals surface area contributed by atoms with E-state index in [4.69, 9.17) is 47.6 Å². The van der Waals surface area contributed by atoms with Gasteiger partial charge in [-0.2, -0.15) is 0 Å². The fourth-order valence-electron chi connectivity index (χ4n) is 3.84. The van der Waals surface area contributed by atoms with Gasteiger partial charge < -0.3 is 29.7 Å². The second kappa shape index (κ2) is 11.7. The van der Waals surface area contributed by atoms with Crippen LogP contribution in [-0.2, 0) is 4.74 Å². The van der Waals surface area contributed by atoms with Crippen molar-refractivity contribution in [1.29, 1.82) is 0 Å². The van der Waals surface area contributed by atoms with Gasteiger partial charge in [0, 0.05) is 18.0 Å². The van der Waals surface area contributed by atoms with Gasteiger partial charge >= 0.3 is 6.09 Å². The number of oxazole rings is 1. The summed E-state index contributed by atoms with van der Waals surface area (Å²) in [5.41, 5.74) is 5.59. The molecule has 0 aliphatic heterocycles. The molecule has 1 atom stereocenters. The van der Waals surface area contributed by atoms with Crippen molar-refractivity contribution in [2.45, 2.75) is 46.1 Å². The Morgan fingerprint density at radius 3 is 2.46 bits per heavy atom. The minimum atomic E-state index is -1.02. The Balaban J connectivity index is 1.77. The van der Waals surface area contributed by atoms with Crippen LogP contribution in [0.1, 0.15) is 62.4 Å². The van der Waals surface area contributed by atoms with Gasteiger partial charge in [0.15, 0.2) is 29.1 Å². The van der Waals surface area contributed by atoms with Gasteiger partial charge in [-0.15, -0.1) is 0 Å². The summed E-state index contributed by atoms with van der Waals surface area (Å²) < 4.78 is 22.9. The Labute approximate surface area is 236 Å². The molecule has 1 aliphatic carbocycles. The number of nitrogens with one attached hydrogen (secondary N) is 1. The zero-order valence-corrected chi connectivity index (χ0v) is 23.6. The molecule has 0 spiro atoms. The number of amides is 2. The third-order valence-electron chi connectivity index (χ3n) is 5.89. The van der Waals surface area contributed by atoms with Gasteiger partial charge in [-0.3, -0.25) is 9.78 Å². The van der Waals surface area contributed by atoms with E-state index in [-0.39, 0.29) is 38.5 Å². The summed E-state index contributed by atoms with van der Waals surface area (Å²) in [7, 11) is 1.55. The maximum Gasteiger partial charge on any atom is 0.405 e. The third-order valence-corrected chi connectivity index (χ3v) is 6.46. The van der Waals surface area contributed by atoms with Crippen LogP contribution >= 0.6 is 23.2 Å².